The van der Waals surface area contributed by atoms with Crippen molar-refractivity contribution in [2.75, 3.05) is 25.5 Å². The average Bonchev–Trinajstić information content (AvgIpc) is 3.77. The molecule has 0 radical (unpaired) electrons. The molecule has 2 aliphatic heterocycles. The molecule has 5 heterocycles. The van der Waals surface area contributed by atoms with E-state index in [-0.39, 0.29) is 34.2 Å². The minimum absolute atomic E-state index is 0.0118. The summed E-state index contributed by atoms with van der Waals surface area (Å²) in [6.45, 7) is 3.58. The zero-order valence-corrected chi connectivity index (χ0v) is 31.2. The summed E-state index contributed by atoms with van der Waals surface area (Å²) in [4.78, 5) is 49.8. The molecule has 1 amide bonds. The molecule has 0 saturated carbocycles. The molecule has 3 aromatic heterocycles. The number of amides is 1. The molecule has 14 heteroatoms. The zero-order valence-electron chi connectivity index (χ0n) is 30.4. The number of rotatable bonds is 7. The van der Waals surface area contributed by atoms with Crippen LogP contribution in [0.5, 0.6) is 5.88 Å². The van der Waals surface area contributed by atoms with Crippen molar-refractivity contribution < 1.29 is 18.3 Å². The van der Waals surface area contributed by atoms with E-state index < -0.39 is 23.4 Å². The van der Waals surface area contributed by atoms with Gasteiger partial charge in [0.2, 0.25) is 11.8 Å². The summed E-state index contributed by atoms with van der Waals surface area (Å²) < 4.78 is 36.0. The summed E-state index contributed by atoms with van der Waals surface area (Å²) in [6.07, 6.45) is 2.31. The lowest BCUT2D eigenvalue weighted by Gasteiger charge is -2.35. The van der Waals surface area contributed by atoms with Crippen molar-refractivity contribution in [3.63, 3.8) is 0 Å². The number of hydrogen-bond donors (Lipinski definition) is 2. The van der Waals surface area contributed by atoms with Gasteiger partial charge in [-0.1, -0.05) is 41.9 Å². The number of pyridine rings is 2. The molecule has 3 aliphatic rings. The number of hydrogen-bond acceptors (Lipinski definition) is 8. The standard InChI is InChI=1S/C40H40ClF2N7O4/c1-21-23(8-6-11-26(21)44-36-33-30(19-28(45-36)35(42)43)48(2)39(53)49(3)38(33)52)24-9-5-10-25(34(24)41)27-18-22-13-14-29(32(22)37(46-27)54-4)50-17-16-40(20-50)15-7-12-31(51)47-40/h5-6,8-11,18-19,29,35H,7,12-17,20H2,1-4H3,(H,44,45)(H,47,51)/t29-,40+/m0/s1. The Bertz CT molecular complexity index is 2480. The van der Waals surface area contributed by atoms with Gasteiger partial charge < -0.3 is 15.4 Å². The molecule has 2 fully saturated rings. The van der Waals surface area contributed by atoms with E-state index in [1.807, 2.05) is 31.2 Å². The highest BCUT2D eigenvalue weighted by atomic mass is 35.5. The molecular formula is C40H40ClF2N7O4. The van der Waals surface area contributed by atoms with Crippen molar-refractivity contribution in [2.24, 2.45) is 14.1 Å². The van der Waals surface area contributed by atoms with Gasteiger partial charge in [-0.05, 0) is 73.9 Å². The van der Waals surface area contributed by atoms with Crippen LogP contribution in [0.1, 0.15) is 67.0 Å². The Balaban J connectivity index is 1.14. The number of nitrogens with one attached hydrogen (secondary N) is 2. The summed E-state index contributed by atoms with van der Waals surface area (Å²) in [5.41, 5.74) is 4.44. The van der Waals surface area contributed by atoms with Crippen LogP contribution in [0.2, 0.25) is 5.02 Å². The van der Waals surface area contributed by atoms with Crippen molar-refractivity contribution in [2.45, 2.75) is 63.5 Å². The van der Waals surface area contributed by atoms with Gasteiger partial charge in [0.05, 0.1) is 28.9 Å². The number of likely N-dealkylation sites (tertiary alicyclic amines) is 1. The summed E-state index contributed by atoms with van der Waals surface area (Å²) in [7, 11) is 4.40. The van der Waals surface area contributed by atoms with Crippen molar-refractivity contribution >= 4 is 39.9 Å². The topological polar surface area (TPSA) is 123 Å². The first kappa shape index (κ1) is 35.9. The largest absolute Gasteiger partial charge is 0.481 e. The lowest BCUT2D eigenvalue weighted by atomic mass is 9.88. The van der Waals surface area contributed by atoms with Crippen LogP contribution >= 0.6 is 11.6 Å². The monoisotopic (exact) mass is 755 g/mol. The number of anilines is 2. The van der Waals surface area contributed by atoms with Crippen LogP contribution in [0.25, 0.3) is 33.3 Å². The predicted octanol–water partition coefficient (Wildman–Crippen LogP) is 6.74. The van der Waals surface area contributed by atoms with Crippen LogP contribution in [0.4, 0.5) is 20.3 Å². The molecule has 11 nitrogen and oxygen atoms in total. The van der Waals surface area contributed by atoms with Crippen LogP contribution in [0.15, 0.2) is 58.1 Å². The lowest BCUT2D eigenvalue weighted by Crippen LogP contribution is -2.53. The summed E-state index contributed by atoms with van der Waals surface area (Å²) >= 11 is 7.22. The number of carbonyl (C=O) groups excluding carboxylic acids is 1. The summed E-state index contributed by atoms with van der Waals surface area (Å²) in [6, 6.07) is 14.5. The third-order valence-corrected chi connectivity index (χ3v) is 11.9. The molecular weight excluding hydrogens is 716 g/mol. The van der Waals surface area contributed by atoms with Crippen LogP contribution in [-0.4, -0.2) is 55.6 Å². The Morgan fingerprint density at radius 3 is 2.52 bits per heavy atom. The van der Waals surface area contributed by atoms with E-state index in [0.717, 1.165) is 93.8 Å². The van der Waals surface area contributed by atoms with E-state index in [1.54, 1.807) is 19.2 Å². The Kier molecular flexibility index (Phi) is 9.04. The van der Waals surface area contributed by atoms with Crippen molar-refractivity contribution in [1.29, 1.82) is 0 Å². The minimum Gasteiger partial charge on any atom is -0.481 e. The normalized spacial score (nSPS) is 19.9. The SMILES string of the molecule is COc1nc(-c2cccc(-c3cccc(Nc4nc(C(F)F)cc5c4c(=O)n(C)c(=O)n5C)c3C)c2Cl)cc2c1[C@@H](N1CC[C@]3(CCCC(=O)N3)C1)CC2. The van der Waals surface area contributed by atoms with Gasteiger partial charge in [0.1, 0.15) is 16.9 Å². The quantitative estimate of drug-likeness (QED) is 0.187. The first-order valence-electron chi connectivity index (χ1n) is 18.1. The van der Waals surface area contributed by atoms with E-state index in [2.05, 4.69) is 26.6 Å². The molecule has 8 rings (SSSR count). The molecule has 5 aromatic rings. The number of ether oxygens (including phenoxy) is 1. The molecule has 280 valence electrons. The second-order valence-electron chi connectivity index (χ2n) is 14.6. The molecule has 54 heavy (non-hydrogen) atoms. The molecule has 0 bridgehead atoms. The second kappa shape index (κ2) is 13.6. The Labute approximate surface area is 314 Å². The number of piperidine rings is 1. The molecule has 0 unspecified atom stereocenters. The number of aryl methyl sites for hydroxylation is 2. The van der Waals surface area contributed by atoms with Crippen LogP contribution in [0.3, 0.4) is 0 Å². The maximum absolute atomic E-state index is 14.0. The fraction of sp³-hybridized carbons (Fsp3) is 0.375. The van der Waals surface area contributed by atoms with Crippen LogP contribution < -0.4 is 26.6 Å². The maximum Gasteiger partial charge on any atom is 0.330 e. The van der Waals surface area contributed by atoms with Gasteiger partial charge in [-0.25, -0.2) is 23.5 Å². The number of nitrogens with zero attached hydrogens (tertiary/aromatic N) is 5. The first-order chi connectivity index (χ1) is 25.9. The zero-order chi connectivity index (χ0) is 38.1. The smallest absolute Gasteiger partial charge is 0.330 e. The van der Waals surface area contributed by atoms with Gasteiger partial charge in [0, 0.05) is 62.0 Å². The highest BCUT2D eigenvalue weighted by Gasteiger charge is 2.45. The van der Waals surface area contributed by atoms with Crippen LogP contribution in [-0.2, 0) is 25.3 Å². The second-order valence-corrected chi connectivity index (χ2v) is 15.0. The number of aromatic nitrogens is 4. The number of methoxy groups -OCH3 is 1. The highest BCUT2D eigenvalue weighted by Crippen LogP contribution is 2.47. The number of halogens is 3. The fourth-order valence-corrected chi connectivity index (χ4v) is 8.99. The maximum atomic E-state index is 14.0. The molecule has 2 N–H and O–H groups in total. The van der Waals surface area contributed by atoms with E-state index in [0.29, 0.717) is 28.7 Å². The van der Waals surface area contributed by atoms with Crippen molar-refractivity contribution in [3.05, 3.63) is 96.8 Å². The summed E-state index contributed by atoms with van der Waals surface area (Å²) in [5, 5.41) is 6.90. The Hall–Kier alpha value is -5.14. The number of carbonyl (C=O) groups is 1. The minimum atomic E-state index is -2.93. The number of fused-ring (bicyclic) bond motifs is 2. The third-order valence-electron chi connectivity index (χ3n) is 11.5. The Morgan fingerprint density at radius 2 is 1.76 bits per heavy atom. The van der Waals surface area contributed by atoms with E-state index in [4.69, 9.17) is 21.3 Å². The van der Waals surface area contributed by atoms with Crippen molar-refractivity contribution in [1.82, 2.24) is 29.3 Å². The van der Waals surface area contributed by atoms with Gasteiger partial charge in [-0.15, -0.1) is 0 Å². The van der Waals surface area contributed by atoms with E-state index in [9.17, 15) is 23.2 Å². The molecule has 2 aromatic carbocycles. The molecule has 2 atom stereocenters. The van der Waals surface area contributed by atoms with Gasteiger partial charge in [-0.2, -0.15) is 0 Å². The van der Waals surface area contributed by atoms with E-state index >= 15 is 0 Å². The molecule has 1 aliphatic carbocycles. The van der Waals surface area contributed by atoms with Crippen molar-refractivity contribution in [3.8, 4) is 28.3 Å². The number of benzene rings is 2. The first-order valence-corrected chi connectivity index (χ1v) is 18.4. The fourth-order valence-electron chi connectivity index (χ4n) is 8.66. The van der Waals surface area contributed by atoms with E-state index in [1.165, 1.54) is 14.1 Å². The third kappa shape index (κ3) is 5.94. The van der Waals surface area contributed by atoms with Gasteiger partial charge in [-0.3, -0.25) is 23.6 Å². The summed E-state index contributed by atoms with van der Waals surface area (Å²) in [5.74, 6) is 0.624. The predicted molar refractivity (Wildman–Crippen MR) is 204 cm³/mol. The molecule has 1 spiro atoms. The Morgan fingerprint density at radius 1 is 1.00 bits per heavy atom. The van der Waals surface area contributed by atoms with Crippen LogP contribution in [0, 0.1) is 6.92 Å². The highest BCUT2D eigenvalue weighted by molar-refractivity contribution is 6.36. The van der Waals surface area contributed by atoms with Gasteiger partial charge >= 0.3 is 5.69 Å². The molecule has 2 saturated heterocycles. The average molecular weight is 756 g/mol. The number of alkyl halides is 2. The van der Waals surface area contributed by atoms with Gasteiger partial charge in [0.15, 0.2) is 0 Å². The van der Waals surface area contributed by atoms with Gasteiger partial charge in [0.25, 0.3) is 12.0 Å². The lowest BCUT2D eigenvalue weighted by molar-refractivity contribution is -0.125.